The first-order valence-electron chi connectivity index (χ1n) is 8.29. The molecule has 0 aliphatic carbocycles. The lowest BCUT2D eigenvalue weighted by molar-refractivity contribution is -0.384. The highest BCUT2D eigenvalue weighted by Gasteiger charge is 2.30. The fourth-order valence-corrected chi connectivity index (χ4v) is 2.93. The Labute approximate surface area is 160 Å². The molecule has 28 heavy (non-hydrogen) atoms. The molecule has 144 valence electrons. The van der Waals surface area contributed by atoms with E-state index in [1.54, 1.807) is 51.2 Å². The summed E-state index contributed by atoms with van der Waals surface area (Å²) < 4.78 is 6.21. The van der Waals surface area contributed by atoms with Crippen LogP contribution in [0.5, 0.6) is 0 Å². The van der Waals surface area contributed by atoms with Crippen molar-refractivity contribution in [3.05, 3.63) is 63.7 Å². The molecule has 0 fully saturated rings. The minimum Gasteiger partial charge on any atom is -0.465 e. The van der Waals surface area contributed by atoms with Crippen molar-refractivity contribution in [3.63, 3.8) is 0 Å². The lowest BCUT2D eigenvalue weighted by atomic mass is 10.1. The summed E-state index contributed by atoms with van der Waals surface area (Å²) in [5.74, 6) is -0.486. The lowest BCUT2D eigenvalue weighted by Gasteiger charge is -2.21. The van der Waals surface area contributed by atoms with E-state index in [1.807, 2.05) is 0 Å². The van der Waals surface area contributed by atoms with Crippen LogP contribution in [0.3, 0.4) is 0 Å². The Morgan fingerprint density at radius 1 is 1.25 bits per heavy atom. The standard InChI is InChI=1S/C18H18N6O4/c1-11-9-12(2)23(21-11)17-15(24(26)27)16(19-10-20-17)22(3)14-8-6-5-7-13(14)18(25)28-4/h5-10H,1-4H3. The topological polar surface area (TPSA) is 116 Å². The zero-order chi connectivity index (χ0) is 20.4. The molecule has 0 N–H and O–H groups in total. The van der Waals surface area contributed by atoms with Crippen LogP contribution in [0.1, 0.15) is 21.7 Å². The summed E-state index contributed by atoms with van der Waals surface area (Å²) in [6.45, 7) is 3.57. The van der Waals surface area contributed by atoms with Gasteiger partial charge in [0.05, 0.1) is 29.0 Å². The summed E-state index contributed by atoms with van der Waals surface area (Å²) in [5.41, 5.74) is 1.75. The summed E-state index contributed by atoms with van der Waals surface area (Å²) in [5, 5.41) is 16.2. The molecule has 0 atom stereocenters. The van der Waals surface area contributed by atoms with Crippen LogP contribution in [0, 0.1) is 24.0 Å². The van der Waals surface area contributed by atoms with Gasteiger partial charge in [0.25, 0.3) is 0 Å². The number of benzene rings is 1. The number of carbonyl (C=O) groups is 1. The largest absolute Gasteiger partial charge is 0.465 e. The van der Waals surface area contributed by atoms with Crippen LogP contribution in [0.15, 0.2) is 36.7 Å². The third-order valence-electron chi connectivity index (χ3n) is 4.16. The Hall–Kier alpha value is -3.82. The highest BCUT2D eigenvalue weighted by atomic mass is 16.6. The summed E-state index contributed by atoms with van der Waals surface area (Å²) in [6.07, 6.45) is 1.23. The molecule has 1 aromatic carbocycles. The molecule has 0 saturated carbocycles. The number of anilines is 2. The van der Waals surface area contributed by atoms with Gasteiger partial charge in [-0.05, 0) is 32.0 Å². The van der Waals surface area contributed by atoms with Crippen molar-refractivity contribution >= 4 is 23.2 Å². The normalized spacial score (nSPS) is 10.6. The number of esters is 1. The molecular formula is C18H18N6O4. The van der Waals surface area contributed by atoms with Crippen LogP contribution in [-0.4, -0.2) is 44.8 Å². The average molecular weight is 382 g/mol. The van der Waals surface area contributed by atoms with E-state index in [2.05, 4.69) is 15.1 Å². The molecule has 3 rings (SSSR count). The predicted octanol–water partition coefficient (Wildman–Crippen LogP) is 2.74. The zero-order valence-corrected chi connectivity index (χ0v) is 15.8. The minimum atomic E-state index is -0.557. The van der Waals surface area contributed by atoms with Crippen LogP contribution >= 0.6 is 0 Å². The first-order chi connectivity index (χ1) is 13.3. The fourth-order valence-electron chi connectivity index (χ4n) is 2.93. The molecular weight excluding hydrogens is 364 g/mol. The van der Waals surface area contributed by atoms with Crippen LogP contribution in [0.2, 0.25) is 0 Å². The van der Waals surface area contributed by atoms with Crippen molar-refractivity contribution in [3.8, 4) is 5.82 Å². The molecule has 0 aliphatic rings. The van der Waals surface area contributed by atoms with E-state index in [0.29, 0.717) is 17.1 Å². The Morgan fingerprint density at radius 2 is 1.96 bits per heavy atom. The van der Waals surface area contributed by atoms with Gasteiger partial charge < -0.3 is 9.64 Å². The van der Waals surface area contributed by atoms with Gasteiger partial charge in [0, 0.05) is 12.7 Å². The van der Waals surface area contributed by atoms with Crippen LogP contribution in [0.25, 0.3) is 5.82 Å². The van der Waals surface area contributed by atoms with Crippen molar-refractivity contribution in [1.82, 2.24) is 19.7 Å². The third kappa shape index (κ3) is 3.27. The van der Waals surface area contributed by atoms with Crippen molar-refractivity contribution in [2.45, 2.75) is 13.8 Å². The number of hydrogen-bond acceptors (Lipinski definition) is 8. The molecule has 2 heterocycles. The number of aryl methyl sites for hydroxylation is 2. The molecule has 10 nitrogen and oxygen atoms in total. The molecule has 0 radical (unpaired) electrons. The van der Waals surface area contributed by atoms with Gasteiger partial charge in [-0.2, -0.15) is 5.10 Å². The summed E-state index contributed by atoms with van der Waals surface area (Å²) in [4.78, 5) is 33.1. The van der Waals surface area contributed by atoms with Gasteiger partial charge in [-0.3, -0.25) is 10.1 Å². The Balaban J connectivity index is 2.21. The predicted molar refractivity (Wildman–Crippen MR) is 101 cm³/mol. The molecule has 0 saturated heterocycles. The molecule has 0 bridgehead atoms. The molecule has 2 aromatic heterocycles. The number of nitrogens with zero attached hydrogens (tertiary/aromatic N) is 6. The number of rotatable bonds is 5. The van der Waals surface area contributed by atoms with E-state index < -0.39 is 10.9 Å². The second-order valence-electron chi connectivity index (χ2n) is 6.03. The van der Waals surface area contributed by atoms with Crippen molar-refractivity contribution in [1.29, 1.82) is 0 Å². The van der Waals surface area contributed by atoms with Crippen LogP contribution < -0.4 is 4.90 Å². The van der Waals surface area contributed by atoms with E-state index in [1.165, 1.54) is 23.0 Å². The second-order valence-corrected chi connectivity index (χ2v) is 6.03. The SMILES string of the molecule is COC(=O)c1ccccc1N(C)c1ncnc(-n2nc(C)cc2C)c1[N+](=O)[O-]. The van der Waals surface area contributed by atoms with E-state index in [9.17, 15) is 14.9 Å². The smallest absolute Gasteiger partial charge is 0.356 e. The minimum absolute atomic E-state index is 0.0268. The number of hydrogen-bond donors (Lipinski definition) is 0. The van der Waals surface area contributed by atoms with Gasteiger partial charge in [0.1, 0.15) is 6.33 Å². The molecule has 0 unspecified atom stereocenters. The summed E-state index contributed by atoms with van der Waals surface area (Å²) in [7, 11) is 2.86. The number of carbonyl (C=O) groups excluding carboxylic acids is 1. The van der Waals surface area contributed by atoms with Gasteiger partial charge in [0.2, 0.25) is 11.6 Å². The van der Waals surface area contributed by atoms with Crippen molar-refractivity contribution in [2.75, 3.05) is 19.1 Å². The number of methoxy groups -OCH3 is 1. The summed E-state index contributed by atoms with van der Waals surface area (Å²) in [6, 6.07) is 8.42. The van der Waals surface area contributed by atoms with Crippen LogP contribution in [-0.2, 0) is 4.74 Å². The maximum Gasteiger partial charge on any atom is 0.356 e. The van der Waals surface area contributed by atoms with Crippen molar-refractivity contribution < 1.29 is 14.5 Å². The fraction of sp³-hybridized carbons (Fsp3) is 0.222. The Kier molecular flexibility index (Phi) is 5.03. The highest BCUT2D eigenvalue weighted by molar-refractivity contribution is 5.97. The number of ether oxygens (including phenoxy) is 1. The first-order valence-corrected chi connectivity index (χ1v) is 8.29. The molecule has 0 amide bonds. The Morgan fingerprint density at radius 3 is 2.57 bits per heavy atom. The van der Waals surface area contributed by atoms with Gasteiger partial charge in [-0.15, -0.1) is 0 Å². The van der Waals surface area contributed by atoms with E-state index in [0.717, 1.165) is 0 Å². The van der Waals surface area contributed by atoms with Crippen molar-refractivity contribution in [2.24, 2.45) is 0 Å². The first kappa shape index (κ1) is 19.0. The molecule has 0 aliphatic heterocycles. The van der Waals surface area contributed by atoms with Gasteiger partial charge >= 0.3 is 11.7 Å². The molecule has 3 aromatic rings. The van der Waals surface area contributed by atoms with E-state index >= 15 is 0 Å². The van der Waals surface area contributed by atoms with E-state index in [4.69, 9.17) is 4.74 Å². The zero-order valence-electron chi connectivity index (χ0n) is 15.8. The molecule has 10 heteroatoms. The monoisotopic (exact) mass is 382 g/mol. The lowest BCUT2D eigenvalue weighted by Crippen LogP contribution is -2.19. The quantitative estimate of drug-likeness (QED) is 0.376. The van der Waals surface area contributed by atoms with Gasteiger partial charge in [-0.25, -0.2) is 19.4 Å². The number of para-hydroxylation sites is 1. The number of aromatic nitrogens is 4. The summed E-state index contributed by atoms with van der Waals surface area (Å²) >= 11 is 0. The highest BCUT2D eigenvalue weighted by Crippen LogP contribution is 2.35. The van der Waals surface area contributed by atoms with Crippen LogP contribution in [0.4, 0.5) is 17.2 Å². The Bertz CT molecular complexity index is 1060. The molecule has 0 spiro atoms. The maximum atomic E-state index is 12.1. The third-order valence-corrected chi connectivity index (χ3v) is 4.16. The van der Waals surface area contributed by atoms with Gasteiger partial charge in [-0.1, -0.05) is 12.1 Å². The average Bonchev–Trinajstić information content (AvgIpc) is 3.03. The van der Waals surface area contributed by atoms with Gasteiger partial charge in [0.15, 0.2) is 0 Å². The second kappa shape index (κ2) is 7.43. The number of nitro groups is 1. The van der Waals surface area contributed by atoms with E-state index in [-0.39, 0.29) is 22.9 Å². The maximum absolute atomic E-state index is 12.1.